The number of pyridine rings is 2. The Morgan fingerprint density at radius 2 is 2.00 bits per heavy atom. The van der Waals surface area contributed by atoms with Crippen molar-refractivity contribution >= 4 is 11.6 Å². The topological polar surface area (TPSA) is 91.2 Å². The van der Waals surface area contributed by atoms with Gasteiger partial charge in [-0.25, -0.2) is 9.67 Å². The molecule has 11 heteroatoms. The lowest BCUT2D eigenvalue weighted by molar-refractivity contribution is -0.141. The van der Waals surface area contributed by atoms with Crippen LogP contribution in [-0.2, 0) is 10.9 Å². The Morgan fingerprint density at radius 3 is 2.75 bits per heavy atom. The maximum absolute atomic E-state index is 13.0. The third-order valence-corrected chi connectivity index (χ3v) is 5.56. The molecule has 0 saturated carbocycles. The number of rotatable bonds is 6. The highest BCUT2D eigenvalue weighted by molar-refractivity contribution is 6.03. The van der Waals surface area contributed by atoms with E-state index in [1.54, 1.807) is 47.5 Å². The summed E-state index contributed by atoms with van der Waals surface area (Å²) in [7, 11) is 0. The van der Waals surface area contributed by atoms with E-state index in [0.717, 1.165) is 28.8 Å². The maximum atomic E-state index is 13.0. The highest BCUT2D eigenvalue weighted by Crippen LogP contribution is 2.32. The van der Waals surface area contributed by atoms with Crippen LogP contribution >= 0.6 is 0 Å². The van der Waals surface area contributed by atoms with Crippen molar-refractivity contribution in [2.24, 2.45) is 0 Å². The fourth-order valence-corrected chi connectivity index (χ4v) is 3.60. The van der Waals surface area contributed by atoms with Crippen molar-refractivity contribution in [3.8, 4) is 22.6 Å². The van der Waals surface area contributed by atoms with E-state index in [1.165, 1.54) is 6.07 Å². The van der Waals surface area contributed by atoms with Crippen molar-refractivity contribution in [3.63, 3.8) is 0 Å². The molecule has 4 heterocycles. The number of nitrogens with zero attached hydrogens (tertiary/aromatic N) is 4. The van der Waals surface area contributed by atoms with Crippen molar-refractivity contribution in [1.82, 2.24) is 19.7 Å². The molecule has 0 unspecified atom stereocenters. The summed E-state index contributed by atoms with van der Waals surface area (Å²) >= 11 is 0. The van der Waals surface area contributed by atoms with Crippen LogP contribution in [0.2, 0.25) is 0 Å². The van der Waals surface area contributed by atoms with Crippen LogP contribution in [0.4, 0.5) is 18.9 Å². The molecule has 1 amide bonds. The second kappa shape index (κ2) is 9.42. The number of amides is 1. The van der Waals surface area contributed by atoms with Crippen LogP contribution < -0.4 is 10.1 Å². The number of carbonyl (C=O) groups excluding carboxylic acids is 1. The van der Waals surface area contributed by atoms with Gasteiger partial charge < -0.3 is 14.8 Å². The number of anilines is 1. The zero-order valence-corrected chi connectivity index (χ0v) is 19.0. The van der Waals surface area contributed by atoms with Crippen LogP contribution in [0.25, 0.3) is 16.8 Å². The Balaban J connectivity index is 1.38. The smallest absolute Gasteiger partial charge is 0.433 e. The Kier molecular flexibility index (Phi) is 6.15. The van der Waals surface area contributed by atoms with Crippen molar-refractivity contribution in [3.05, 3.63) is 84.2 Å². The van der Waals surface area contributed by atoms with E-state index in [2.05, 4.69) is 20.4 Å². The number of hydrogen-bond acceptors (Lipinski definition) is 6. The first-order chi connectivity index (χ1) is 17.3. The highest BCUT2D eigenvalue weighted by Gasteiger charge is 2.33. The first-order valence-electron chi connectivity index (χ1n) is 11.0. The molecule has 1 aliphatic rings. The molecule has 0 spiro atoms. The molecule has 0 atom stereocenters. The number of benzene rings is 1. The molecule has 1 aromatic carbocycles. The van der Waals surface area contributed by atoms with Crippen LogP contribution in [0.1, 0.15) is 21.7 Å². The third kappa shape index (κ3) is 4.91. The number of halogens is 3. The second-order valence-electron chi connectivity index (χ2n) is 8.18. The first kappa shape index (κ1) is 23.5. The Hall–Kier alpha value is -4.25. The Bertz CT molecular complexity index is 1420. The predicted octanol–water partition coefficient (Wildman–Crippen LogP) is 4.69. The lowest BCUT2D eigenvalue weighted by atomic mass is 10.1. The van der Waals surface area contributed by atoms with Gasteiger partial charge in [-0.3, -0.25) is 9.78 Å². The van der Waals surface area contributed by atoms with E-state index in [9.17, 15) is 18.0 Å². The van der Waals surface area contributed by atoms with Crippen LogP contribution in [0.15, 0.2) is 67.3 Å². The van der Waals surface area contributed by atoms with E-state index in [1.807, 2.05) is 13.1 Å². The molecule has 1 N–H and O–H groups in total. The van der Waals surface area contributed by atoms with Crippen LogP contribution in [0, 0.1) is 6.92 Å². The molecule has 0 aliphatic carbocycles. The largest absolute Gasteiger partial charge is 0.485 e. The van der Waals surface area contributed by atoms with Crippen LogP contribution in [0.3, 0.4) is 0 Å². The minimum Gasteiger partial charge on any atom is -0.485 e. The van der Waals surface area contributed by atoms with Gasteiger partial charge in [-0.05, 0) is 42.8 Å². The fraction of sp³-hybridized carbons (Fsp3) is 0.200. The van der Waals surface area contributed by atoms with Crippen molar-refractivity contribution < 1.29 is 27.4 Å². The summed E-state index contributed by atoms with van der Waals surface area (Å²) in [4.78, 5) is 20.2. The average Bonchev–Trinajstić information content (AvgIpc) is 3.32. The van der Waals surface area contributed by atoms with Crippen molar-refractivity contribution in [2.45, 2.75) is 19.2 Å². The number of carbonyl (C=O) groups is 1. The summed E-state index contributed by atoms with van der Waals surface area (Å²) in [5.41, 5.74) is 2.01. The van der Waals surface area contributed by atoms with Gasteiger partial charge >= 0.3 is 6.18 Å². The van der Waals surface area contributed by atoms with Crippen LogP contribution in [-0.4, -0.2) is 45.0 Å². The molecule has 184 valence electrons. The van der Waals surface area contributed by atoms with Gasteiger partial charge in [0.25, 0.3) is 5.91 Å². The Labute approximate surface area is 203 Å². The van der Waals surface area contributed by atoms with Gasteiger partial charge in [0.2, 0.25) is 0 Å². The third-order valence-electron chi connectivity index (χ3n) is 5.56. The highest BCUT2D eigenvalue weighted by atomic mass is 19.4. The Morgan fingerprint density at radius 1 is 1.17 bits per heavy atom. The van der Waals surface area contributed by atoms with Crippen molar-refractivity contribution in [2.75, 3.05) is 18.5 Å². The van der Waals surface area contributed by atoms with Gasteiger partial charge in [0.1, 0.15) is 23.2 Å². The second-order valence-corrected chi connectivity index (χ2v) is 8.18. The first-order valence-corrected chi connectivity index (χ1v) is 11.0. The number of nitrogens with one attached hydrogen (secondary N) is 1. The monoisotopic (exact) mass is 495 g/mol. The maximum Gasteiger partial charge on any atom is 0.433 e. The summed E-state index contributed by atoms with van der Waals surface area (Å²) in [5, 5.41) is 7.06. The molecular weight excluding hydrogens is 475 g/mol. The van der Waals surface area contributed by atoms with E-state index in [0.29, 0.717) is 30.3 Å². The molecule has 1 aliphatic heterocycles. The standard InChI is InChI=1S/C25H20F3N5O3/c1-15-5-6-17(31-24(34)20-3-2-4-23(32-20)25(26,27)28)9-21(15)33-12-16(10-30-33)19-11-29-8-7-22(19)36-18-13-35-14-18/h2-12,18H,13-14H2,1H3,(H,31,34). The molecule has 3 aromatic heterocycles. The molecule has 0 radical (unpaired) electrons. The summed E-state index contributed by atoms with van der Waals surface area (Å²) in [6.45, 7) is 2.95. The van der Waals surface area contributed by atoms with E-state index in [4.69, 9.17) is 9.47 Å². The SMILES string of the molecule is Cc1ccc(NC(=O)c2cccc(C(F)(F)F)n2)cc1-n1cc(-c2cnccc2OC2COC2)cn1. The fourth-order valence-electron chi connectivity index (χ4n) is 3.60. The number of aryl methyl sites for hydroxylation is 1. The minimum atomic E-state index is -4.64. The summed E-state index contributed by atoms with van der Waals surface area (Å²) < 4.78 is 51.7. The van der Waals surface area contributed by atoms with Gasteiger partial charge in [0.05, 0.1) is 25.1 Å². The molecule has 1 fully saturated rings. The van der Waals surface area contributed by atoms with Crippen molar-refractivity contribution in [1.29, 1.82) is 0 Å². The van der Waals surface area contributed by atoms with Gasteiger partial charge in [-0.2, -0.15) is 18.3 Å². The quantitative estimate of drug-likeness (QED) is 0.418. The number of alkyl halides is 3. The number of ether oxygens (including phenoxy) is 2. The molecule has 1 saturated heterocycles. The zero-order chi connectivity index (χ0) is 25.3. The van der Waals surface area contributed by atoms with Gasteiger partial charge in [-0.15, -0.1) is 0 Å². The van der Waals surface area contributed by atoms with E-state index < -0.39 is 17.8 Å². The molecule has 0 bridgehead atoms. The minimum absolute atomic E-state index is 0.00459. The summed E-state index contributed by atoms with van der Waals surface area (Å²) in [5.74, 6) is -0.0849. The molecule has 5 rings (SSSR count). The number of hydrogen-bond donors (Lipinski definition) is 1. The van der Waals surface area contributed by atoms with E-state index >= 15 is 0 Å². The van der Waals surface area contributed by atoms with Gasteiger partial charge in [0.15, 0.2) is 0 Å². The van der Waals surface area contributed by atoms with Crippen LogP contribution in [0.5, 0.6) is 5.75 Å². The molecular formula is C25H20F3N5O3. The normalized spacial score (nSPS) is 13.8. The van der Waals surface area contributed by atoms with Gasteiger partial charge in [0, 0.05) is 35.4 Å². The lowest BCUT2D eigenvalue weighted by Gasteiger charge is -2.27. The summed E-state index contributed by atoms with van der Waals surface area (Å²) in [6.07, 6.45) is 2.19. The zero-order valence-electron chi connectivity index (χ0n) is 19.0. The van der Waals surface area contributed by atoms with E-state index in [-0.39, 0.29) is 11.8 Å². The lowest BCUT2D eigenvalue weighted by Crippen LogP contribution is -2.38. The van der Waals surface area contributed by atoms with Gasteiger partial charge in [-0.1, -0.05) is 12.1 Å². The molecule has 36 heavy (non-hydrogen) atoms. The number of aromatic nitrogens is 4. The predicted molar refractivity (Wildman–Crippen MR) is 124 cm³/mol. The molecule has 8 nitrogen and oxygen atoms in total. The summed E-state index contributed by atoms with van der Waals surface area (Å²) in [6, 6.07) is 10.1. The molecule has 4 aromatic rings. The average molecular weight is 495 g/mol.